The number of nitrogens with one attached hydrogen (secondary N) is 2. The van der Waals surface area contributed by atoms with Crippen LogP contribution in [0.4, 0.5) is 42.1 Å². The number of alkyl halides is 7. The van der Waals surface area contributed by atoms with E-state index in [0.717, 1.165) is 6.07 Å². The van der Waals surface area contributed by atoms with E-state index in [2.05, 4.69) is 43.1 Å². The number of carbonyl (C=O) groups excluding carboxylic acids is 2. The Bertz CT molecular complexity index is 1350. The number of benzene rings is 2. The second kappa shape index (κ2) is 10.9. The summed E-state index contributed by atoms with van der Waals surface area (Å²) in [5.74, 6) is -2.93. The fourth-order valence-corrected chi connectivity index (χ4v) is 4.26. The van der Waals surface area contributed by atoms with Crippen molar-refractivity contribution in [2.24, 2.45) is 0 Å². The van der Waals surface area contributed by atoms with Gasteiger partial charge in [-0.05, 0) is 75.9 Å². The molecule has 0 aliphatic carbocycles. The van der Waals surface area contributed by atoms with E-state index < -0.39 is 50.5 Å². The van der Waals surface area contributed by atoms with Crippen molar-refractivity contribution >= 4 is 50.7 Å². The Balaban J connectivity index is 1.96. The van der Waals surface area contributed by atoms with Gasteiger partial charge in [0.15, 0.2) is 5.82 Å². The van der Waals surface area contributed by atoms with E-state index in [9.17, 15) is 35.9 Å². The molecule has 2 N–H and O–H groups in total. The maximum absolute atomic E-state index is 15.1. The van der Waals surface area contributed by atoms with Gasteiger partial charge < -0.3 is 10.6 Å². The van der Waals surface area contributed by atoms with Gasteiger partial charge in [0.1, 0.15) is 0 Å². The molecule has 0 fully saturated rings. The van der Waals surface area contributed by atoms with E-state index in [1.54, 1.807) is 0 Å². The molecule has 1 aromatic heterocycles. The second-order valence-corrected chi connectivity index (χ2v) is 9.15. The molecule has 0 saturated heterocycles. The van der Waals surface area contributed by atoms with Crippen molar-refractivity contribution < 1.29 is 40.3 Å². The fraction of sp³-hybridized carbons (Fsp3) is 0.208. The van der Waals surface area contributed by atoms with Crippen LogP contribution in [0.3, 0.4) is 0 Å². The Morgan fingerprint density at radius 2 is 1.68 bits per heavy atom. The molecule has 0 spiro atoms. The smallest absolute Gasteiger partial charge is 0.321 e. The summed E-state index contributed by atoms with van der Waals surface area (Å²) < 4.78 is 96.9. The number of aromatic nitrogens is 1. The second-order valence-electron chi connectivity index (χ2n) is 7.82. The quantitative estimate of drug-likeness (QED) is 0.210. The zero-order chi connectivity index (χ0) is 28.5. The normalized spacial score (nSPS) is 13.5. The molecule has 202 valence electrons. The van der Waals surface area contributed by atoms with E-state index in [4.69, 9.17) is 0 Å². The Hall–Kier alpha value is -3.19. The third-order valence-corrected chi connectivity index (χ3v) is 6.27. The Morgan fingerprint density at radius 1 is 1.00 bits per heavy atom. The van der Waals surface area contributed by atoms with Gasteiger partial charge in [-0.1, -0.05) is 13.0 Å². The van der Waals surface area contributed by atoms with Gasteiger partial charge in [-0.3, -0.25) is 14.6 Å². The molecule has 1 atom stereocenters. The molecule has 38 heavy (non-hydrogen) atoms. The molecule has 3 rings (SSSR count). The summed E-state index contributed by atoms with van der Waals surface area (Å²) in [6.45, 7) is 1.41. The zero-order valence-electron chi connectivity index (χ0n) is 19.1. The molecule has 14 heteroatoms. The Kier molecular flexibility index (Phi) is 8.42. The highest BCUT2D eigenvalue weighted by Crippen LogP contribution is 2.55. The van der Waals surface area contributed by atoms with Crippen LogP contribution >= 0.6 is 27.5 Å². The largest absolute Gasteiger partial charge is 0.434 e. The topological polar surface area (TPSA) is 71.1 Å². The first-order chi connectivity index (χ1) is 17.6. The minimum atomic E-state index is -6.09. The number of carbonyl (C=O) groups is 2. The lowest BCUT2D eigenvalue weighted by molar-refractivity contribution is -0.286. The predicted octanol–water partition coefficient (Wildman–Crippen LogP) is 7.61. The number of rotatable bonds is 7. The van der Waals surface area contributed by atoms with Crippen molar-refractivity contribution in [1.29, 1.82) is 0 Å². The van der Waals surface area contributed by atoms with Gasteiger partial charge >= 0.3 is 17.2 Å². The highest BCUT2D eigenvalue weighted by Gasteiger charge is 2.72. The number of hydrogen-bond acceptors (Lipinski definition) is 3. The lowest BCUT2D eigenvalue weighted by Crippen LogP contribution is -2.49. The number of aryl methyl sites for hydroxylation is 1. The van der Waals surface area contributed by atoms with Gasteiger partial charge in [0, 0.05) is 22.4 Å². The number of amides is 2. The molecule has 0 saturated carbocycles. The van der Waals surface area contributed by atoms with E-state index in [1.807, 2.05) is 0 Å². The maximum atomic E-state index is 15.1. The van der Waals surface area contributed by atoms with Crippen molar-refractivity contribution in [1.82, 2.24) is 4.98 Å². The summed E-state index contributed by atoms with van der Waals surface area (Å²) in [4.78, 5) is 29.0. The first kappa shape index (κ1) is 29.4. The van der Waals surface area contributed by atoms with Crippen molar-refractivity contribution in [3.05, 3.63) is 87.4 Å². The molecule has 0 radical (unpaired) electrons. The number of halogens is 9. The average Bonchev–Trinajstić information content (AvgIpc) is 2.84. The minimum Gasteiger partial charge on any atom is -0.321 e. The van der Waals surface area contributed by atoms with Crippen LogP contribution in [0.1, 0.15) is 38.8 Å². The lowest BCUT2D eigenvalue weighted by atomic mass is 9.92. The van der Waals surface area contributed by atoms with E-state index >= 15 is 4.39 Å². The van der Waals surface area contributed by atoms with Gasteiger partial charge in [-0.25, -0.2) is 8.78 Å². The third-order valence-electron chi connectivity index (χ3n) is 5.39. The first-order valence-electron chi connectivity index (χ1n) is 10.6. The monoisotopic (exact) mass is 625 g/mol. The van der Waals surface area contributed by atoms with Crippen LogP contribution in [0.25, 0.3) is 0 Å². The molecule has 0 aliphatic rings. The van der Waals surface area contributed by atoms with Gasteiger partial charge in [0.25, 0.3) is 11.8 Å². The summed E-state index contributed by atoms with van der Waals surface area (Å²) in [6.07, 6.45) is -3.57. The zero-order valence-corrected chi connectivity index (χ0v) is 21.4. The van der Waals surface area contributed by atoms with Crippen LogP contribution in [0.5, 0.6) is 0 Å². The molecule has 2 aromatic carbocycles. The molecule has 3 aromatic rings. The SMILES string of the molecule is CCc1cc(C(F)(C(F)(F)F)C(F)(F)Cl)cc(Br)c1NC(=O)c1cccc(NC(=O)c2cccnc2)c1F. The van der Waals surface area contributed by atoms with Gasteiger partial charge in [-0.15, -0.1) is 0 Å². The molecule has 0 bridgehead atoms. The Labute approximate surface area is 224 Å². The predicted molar refractivity (Wildman–Crippen MR) is 130 cm³/mol. The highest BCUT2D eigenvalue weighted by molar-refractivity contribution is 9.10. The summed E-state index contributed by atoms with van der Waals surface area (Å²) in [7, 11) is 0. The van der Waals surface area contributed by atoms with Gasteiger partial charge in [0.2, 0.25) is 0 Å². The maximum Gasteiger partial charge on any atom is 0.434 e. The number of anilines is 2. The summed E-state index contributed by atoms with van der Waals surface area (Å²) in [5.41, 5.74) is -7.95. The van der Waals surface area contributed by atoms with E-state index in [1.165, 1.54) is 43.6 Å². The lowest BCUT2D eigenvalue weighted by Gasteiger charge is -2.32. The van der Waals surface area contributed by atoms with E-state index in [0.29, 0.717) is 12.1 Å². The number of hydrogen-bond donors (Lipinski definition) is 2. The van der Waals surface area contributed by atoms with Gasteiger partial charge in [0.05, 0.1) is 22.5 Å². The molecule has 1 heterocycles. The van der Waals surface area contributed by atoms with Crippen LogP contribution < -0.4 is 10.6 Å². The fourth-order valence-electron chi connectivity index (χ4n) is 3.45. The summed E-state index contributed by atoms with van der Waals surface area (Å²) in [6, 6.07) is 7.33. The van der Waals surface area contributed by atoms with Crippen LogP contribution in [0, 0.1) is 5.82 Å². The number of pyridine rings is 1. The van der Waals surface area contributed by atoms with Crippen LogP contribution in [-0.4, -0.2) is 28.4 Å². The average molecular weight is 627 g/mol. The molecule has 5 nitrogen and oxygen atoms in total. The van der Waals surface area contributed by atoms with E-state index in [-0.39, 0.29) is 28.9 Å². The van der Waals surface area contributed by atoms with Crippen molar-refractivity contribution in [3.63, 3.8) is 0 Å². The van der Waals surface area contributed by atoms with Crippen molar-refractivity contribution in [3.8, 4) is 0 Å². The Morgan fingerprint density at radius 3 is 2.24 bits per heavy atom. The van der Waals surface area contributed by atoms with Crippen molar-refractivity contribution in [2.45, 2.75) is 30.6 Å². The summed E-state index contributed by atoms with van der Waals surface area (Å²) >= 11 is 7.39. The standard InChI is InChI=1S/C24H16BrClF7N3O2/c1-2-12-9-14(22(28,23(26,29)30)24(31,32)33)10-16(25)19(12)36-21(38)15-6-3-7-17(18(15)27)35-20(37)13-5-4-8-34-11-13/h3-11H,2H2,1H3,(H,35,37)(H,36,38). The molecule has 0 aliphatic heterocycles. The van der Waals surface area contributed by atoms with Crippen LogP contribution in [-0.2, 0) is 12.1 Å². The third kappa shape index (κ3) is 5.63. The summed E-state index contributed by atoms with van der Waals surface area (Å²) in [5, 5.41) is -0.777. The molecular weight excluding hydrogens is 611 g/mol. The highest BCUT2D eigenvalue weighted by atomic mass is 79.9. The number of nitrogens with zero attached hydrogens (tertiary/aromatic N) is 1. The molecule has 1 unspecified atom stereocenters. The van der Waals surface area contributed by atoms with Crippen LogP contribution in [0.2, 0.25) is 0 Å². The minimum absolute atomic E-state index is 0.115. The van der Waals surface area contributed by atoms with Gasteiger partial charge in [-0.2, -0.15) is 22.0 Å². The molecular formula is C24H16BrClF7N3O2. The van der Waals surface area contributed by atoms with Crippen molar-refractivity contribution in [2.75, 3.05) is 10.6 Å². The van der Waals surface area contributed by atoms with Crippen LogP contribution in [0.15, 0.2) is 59.3 Å². The first-order valence-corrected chi connectivity index (χ1v) is 11.7. The molecule has 2 amide bonds.